The molecule has 4 saturated heterocycles. The molecule has 0 atom stereocenters. The van der Waals surface area contributed by atoms with Gasteiger partial charge in [-0.25, -0.2) is 59.7 Å². The molecule has 8 aliphatic rings. The van der Waals surface area contributed by atoms with E-state index in [1.165, 1.54) is 81.5 Å². The Morgan fingerprint density at radius 2 is 0.842 bits per heavy atom. The summed E-state index contributed by atoms with van der Waals surface area (Å²) >= 11 is 0. The third kappa shape index (κ3) is 17.0. The van der Waals surface area contributed by atoms with E-state index in [2.05, 4.69) is 109 Å². The lowest BCUT2D eigenvalue weighted by atomic mass is 9.76. The van der Waals surface area contributed by atoms with Crippen LogP contribution in [0.25, 0.3) is 72.9 Å². The molecule has 58 heteroatoms. The van der Waals surface area contributed by atoms with Crippen LogP contribution in [0.15, 0.2) is 105 Å². The van der Waals surface area contributed by atoms with Crippen LogP contribution in [0.2, 0.25) is 0 Å². The Morgan fingerprint density at radius 1 is 0.481 bits per heavy atom. The molecular formula is C75H75F8N35O11S4. The quantitative estimate of drug-likeness (QED) is 0.0454. The standard InChI is InChI=1S/C21H22N8O3S.C20H20F3N9O3S.C19H18F3N9O3S.C15H15F2N9O2S/c22-9-8-21(12-27(13-21)33(31,32)16-6-7-16)28-11-15(10-23-28)17-2-1-3-18-24-20(26-29(17)18)25-19(30)14-4-5-14;1-12-5-13(6-12)17(33)28-18-27-15-3-4-25-16(32(15)29-18)14-7-26-31(8-14)19(9-24-2)10-30(11-19)36(34,35)20(21,22)23;20-19(21,22)35(33,34)29-10-18(11-29,5-6-23)30-9-13(8-25-30)15-24-7-4-14-26-17(28-31(14)15)27-16(32)12-2-1-3-12;1-14(16,17)29(27,28)24-8-15(9-24,3-4-18)25-7-10(6-21-25)12-20-5-2-11-22-13(19)23-26(11)12/h1-3,10-11,14,16H,4-8,12-13H2,(H,25,26,30);3-4,7-8,12-13H,5-6,9-11H2,1H3,(H,28,29,33);4,7-9,12H,1-3,5,10-11H2,(H,27,28,32);2,5-7H,3,8-9H2,1H3,(H2,19,23). The van der Waals surface area contributed by atoms with Crippen molar-refractivity contribution in [3.63, 3.8) is 0 Å². The van der Waals surface area contributed by atoms with Crippen molar-refractivity contribution in [2.75, 3.05) is 80.6 Å². The molecule has 8 fully saturated rings. The van der Waals surface area contributed by atoms with Crippen LogP contribution in [-0.2, 0) is 76.6 Å². The number of nitrogens with two attached hydrogens (primary N) is 1. The Morgan fingerprint density at radius 3 is 1.23 bits per heavy atom. The van der Waals surface area contributed by atoms with Gasteiger partial charge in [0.05, 0.1) is 89.9 Å². The van der Waals surface area contributed by atoms with Gasteiger partial charge in [-0.1, -0.05) is 19.4 Å². The Kier molecular flexibility index (Phi) is 23.0. The van der Waals surface area contributed by atoms with Crippen molar-refractivity contribution in [3.05, 3.63) is 116 Å². The van der Waals surface area contributed by atoms with Crippen molar-refractivity contribution in [2.24, 2.45) is 23.7 Å². The van der Waals surface area contributed by atoms with Gasteiger partial charge in [0.1, 0.15) is 16.6 Å². The van der Waals surface area contributed by atoms with Crippen LogP contribution in [0.4, 0.5) is 58.9 Å². The number of fused-ring (bicyclic) bond motifs is 4. The van der Waals surface area contributed by atoms with Crippen molar-refractivity contribution < 1.29 is 83.2 Å². The van der Waals surface area contributed by atoms with Gasteiger partial charge in [-0.2, -0.15) is 122 Å². The normalized spacial score (nSPS) is 19.6. The molecule has 12 aromatic rings. The minimum Gasteiger partial charge on any atom is -0.366 e. The molecule has 20 rings (SSSR count). The largest absolute Gasteiger partial charge is 0.511 e. The number of carbonyl (C=O) groups excluding carboxylic acids is 3. The molecule has 133 heavy (non-hydrogen) atoms. The molecule has 0 aromatic carbocycles. The third-order valence-electron chi connectivity index (χ3n) is 24.1. The molecule has 0 bridgehead atoms. The van der Waals surface area contributed by atoms with Crippen LogP contribution in [0.3, 0.4) is 0 Å². The smallest absolute Gasteiger partial charge is 0.366 e. The number of pyridine rings is 1. The maximum atomic E-state index is 13.4. The lowest BCUT2D eigenvalue weighted by molar-refractivity contribution is -0.123. The highest BCUT2D eigenvalue weighted by Gasteiger charge is 2.63. The van der Waals surface area contributed by atoms with E-state index in [-0.39, 0.29) is 131 Å². The number of hydrogen-bond acceptors (Lipinski definition) is 30. The minimum atomic E-state index is -5.51. The third-order valence-corrected chi connectivity index (χ3v) is 31.3. The van der Waals surface area contributed by atoms with Crippen LogP contribution < -0.4 is 21.7 Å². The Hall–Kier alpha value is -13.6. The number of carbonyl (C=O) groups is 3. The predicted octanol–water partition coefficient (Wildman–Crippen LogP) is 5.05. The summed E-state index contributed by atoms with van der Waals surface area (Å²) in [4.78, 5) is 69.8. The molecule has 12 aromatic heterocycles. The lowest BCUT2D eigenvalue weighted by Crippen LogP contribution is -2.67. The summed E-state index contributed by atoms with van der Waals surface area (Å²) in [5.74, 6) is 1.55. The number of nitrogens with one attached hydrogen (secondary N) is 3. The fraction of sp³-hybridized carbons (Fsp3) is 0.467. The SMILES string of the molecule is CC(F)(F)S(=O)(=O)N1CC(CC#N)(n2cc(-c3nccc4nc(N)nn34)cn2)C1.N#CCC1(n2cc(-c3cccc4nc(NC(=O)C5CC5)nn34)cn2)CN(S(=O)(=O)C2CC2)C1.N#CCC1(n2cc(-c3nccc4nc(NC(=O)C5CCC5)nn34)cn2)CN(S(=O)(=O)C(F)(F)F)C1.[C-]#[N+]CC1(n2cc(-c3nccc4nc(NC(=O)C5CC(C)C5)nn34)cn2)CN(S(=O)(=O)C(F)(F)F)C1. The second-order valence-corrected chi connectivity index (χ2v) is 41.9. The Labute approximate surface area is 747 Å². The molecule has 4 saturated carbocycles. The van der Waals surface area contributed by atoms with Crippen LogP contribution in [0.5, 0.6) is 0 Å². The van der Waals surface area contributed by atoms with Gasteiger partial charge < -0.3 is 10.6 Å². The number of nitrogen functional groups attached to an aromatic ring is 1. The summed E-state index contributed by atoms with van der Waals surface area (Å²) < 4.78 is 214. The zero-order valence-corrected chi connectivity index (χ0v) is 72.9. The first kappa shape index (κ1) is 91.3. The highest BCUT2D eigenvalue weighted by atomic mass is 32.2. The molecule has 696 valence electrons. The first-order chi connectivity index (χ1) is 62.9. The number of halogens is 8. The van der Waals surface area contributed by atoms with Crippen molar-refractivity contribution in [3.8, 4) is 63.6 Å². The van der Waals surface area contributed by atoms with E-state index < -0.39 is 105 Å². The van der Waals surface area contributed by atoms with Crippen LogP contribution >= 0.6 is 0 Å². The van der Waals surface area contributed by atoms with E-state index in [9.17, 15) is 99.0 Å². The summed E-state index contributed by atoms with van der Waals surface area (Å²) in [6.07, 6.45) is 24.0. The maximum absolute atomic E-state index is 13.4. The predicted molar refractivity (Wildman–Crippen MR) is 444 cm³/mol. The van der Waals surface area contributed by atoms with Crippen molar-refractivity contribution in [1.29, 1.82) is 15.8 Å². The molecule has 4 aliphatic heterocycles. The van der Waals surface area contributed by atoms with Gasteiger partial charge in [0.2, 0.25) is 58.1 Å². The first-order valence-electron chi connectivity index (χ1n) is 40.8. The Balaban J connectivity index is 0.000000124. The minimum absolute atomic E-state index is 0.0522. The van der Waals surface area contributed by atoms with Crippen molar-refractivity contribution >= 4 is 104 Å². The highest BCUT2D eigenvalue weighted by molar-refractivity contribution is 7.91. The number of anilines is 4. The van der Waals surface area contributed by atoms with Gasteiger partial charge in [-0.15, -0.1) is 20.4 Å². The fourth-order valence-corrected chi connectivity index (χ4v) is 21.6. The number of nitriles is 3. The monoisotopic (exact) mass is 1920 g/mol. The molecule has 16 heterocycles. The van der Waals surface area contributed by atoms with Crippen LogP contribution in [0, 0.1) is 64.2 Å². The molecule has 4 aliphatic carbocycles. The zero-order chi connectivity index (χ0) is 94.7. The maximum Gasteiger partial charge on any atom is 0.511 e. The van der Waals surface area contributed by atoms with Gasteiger partial charge in [0.15, 0.2) is 45.6 Å². The van der Waals surface area contributed by atoms with E-state index in [1.54, 1.807) is 45.9 Å². The van der Waals surface area contributed by atoms with Crippen LogP contribution in [0.1, 0.15) is 90.9 Å². The number of hydrogen-bond donors (Lipinski definition) is 4. The van der Waals surface area contributed by atoms with E-state index in [0.717, 1.165) is 56.2 Å². The van der Waals surface area contributed by atoms with E-state index in [4.69, 9.17) is 12.3 Å². The average molecular weight is 1920 g/mol. The summed E-state index contributed by atoms with van der Waals surface area (Å²) in [6, 6.07) is 16.4. The van der Waals surface area contributed by atoms with Crippen LogP contribution in [-0.4, -0.2) is 262 Å². The number of sulfonamides is 4. The first-order valence-corrected chi connectivity index (χ1v) is 46.6. The topological polar surface area (TPSA) is 569 Å². The number of aromatic nitrogens is 23. The zero-order valence-electron chi connectivity index (χ0n) is 69.6. The summed E-state index contributed by atoms with van der Waals surface area (Å²) in [7, 11) is -19.1. The molecule has 0 radical (unpaired) electrons. The lowest BCUT2D eigenvalue weighted by Gasteiger charge is -2.48. The summed E-state index contributed by atoms with van der Waals surface area (Å²) in [6.45, 7) is 7.04. The molecule has 46 nitrogen and oxygen atoms in total. The van der Waals surface area contributed by atoms with Gasteiger partial charge in [0, 0.05) is 144 Å². The van der Waals surface area contributed by atoms with Crippen molar-refractivity contribution in [2.45, 2.75) is 135 Å². The number of rotatable bonds is 24. The molecule has 3 amide bonds. The summed E-state index contributed by atoms with van der Waals surface area (Å²) in [5, 5.41) is 66.0. The van der Waals surface area contributed by atoms with E-state index in [1.807, 2.05) is 30.5 Å². The Bertz CT molecular complexity index is 7280. The second kappa shape index (κ2) is 33.6. The fourth-order valence-electron chi connectivity index (χ4n) is 16.1. The number of nitrogens with zero attached hydrogens (tertiary/aromatic N) is 31. The second-order valence-electron chi connectivity index (χ2n) is 33.7. The van der Waals surface area contributed by atoms with Gasteiger partial charge in [-0.05, 0) is 69.4 Å². The molecular weight excluding hydrogens is 1850 g/mol. The molecule has 5 N–H and O–H groups in total. The van der Waals surface area contributed by atoms with Gasteiger partial charge >= 0.3 is 36.3 Å². The average Bonchev–Trinajstić information content (AvgIpc) is 1.56. The highest BCUT2D eigenvalue weighted by Crippen LogP contribution is 2.46. The molecule has 0 unspecified atom stereocenters. The van der Waals surface area contributed by atoms with Gasteiger partial charge in [-0.3, -0.25) is 49.1 Å². The van der Waals surface area contributed by atoms with E-state index >= 15 is 0 Å². The van der Waals surface area contributed by atoms with Crippen molar-refractivity contribution in [1.82, 2.24) is 130 Å². The molecule has 0 spiro atoms. The number of amides is 3. The van der Waals surface area contributed by atoms with Gasteiger partial charge in [0.25, 0.3) is 10.0 Å². The van der Waals surface area contributed by atoms with E-state index in [0.29, 0.717) is 80.9 Å². The summed E-state index contributed by atoms with van der Waals surface area (Å²) in [5.41, 5.74) is -4.83. The number of alkyl halides is 8.